The summed E-state index contributed by atoms with van der Waals surface area (Å²) in [5.41, 5.74) is 0.879. The number of carbonyl (C=O) groups is 1. The molecule has 36 heavy (non-hydrogen) atoms. The van der Waals surface area contributed by atoms with Crippen molar-refractivity contribution in [2.24, 2.45) is 5.92 Å². The molecule has 0 amide bonds. The number of ether oxygens (including phenoxy) is 2. The van der Waals surface area contributed by atoms with E-state index in [1.807, 2.05) is 19.1 Å². The van der Waals surface area contributed by atoms with Crippen LogP contribution in [-0.2, 0) is 4.79 Å². The summed E-state index contributed by atoms with van der Waals surface area (Å²) < 4.78 is 26.5. The Balaban J connectivity index is 1.30. The lowest BCUT2D eigenvalue weighted by Gasteiger charge is -2.46. The van der Waals surface area contributed by atoms with Crippen LogP contribution in [0.1, 0.15) is 39.0 Å². The number of nitrogens with zero attached hydrogens (tertiary/aromatic N) is 3. The zero-order valence-electron chi connectivity index (χ0n) is 20.5. The number of methoxy groups -OCH3 is 1. The third-order valence-electron chi connectivity index (χ3n) is 7.29. The van der Waals surface area contributed by atoms with Crippen LogP contribution >= 0.6 is 11.6 Å². The maximum absolute atomic E-state index is 14.5. The molecule has 190 valence electrons. The third kappa shape index (κ3) is 4.97. The summed E-state index contributed by atoms with van der Waals surface area (Å²) in [6, 6.07) is 8.95. The van der Waals surface area contributed by atoms with Gasteiger partial charge in [0.05, 0.1) is 29.4 Å². The van der Waals surface area contributed by atoms with Crippen LogP contribution in [0.5, 0.6) is 11.5 Å². The van der Waals surface area contributed by atoms with Crippen LogP contribution in [0, 0.1) is 11.7 Å². The SMILES string of the molecule is CCC(=O)C1CN(C2CCC(Oc3cc4c(Nc5cccc(Cl)c5F)ncnc4cc3OC)CC2)C1. The lowest BCUT2D eigenvalue weighted by atomic mass is 9.86. The quantitative estimate of drug-likeness (QED) is 0.410. The van der Waals surface area contributed by atoms with Crippen LogP contribution in [0.25, 0.3) is 10.9 Å². The van der Waals surface area contributed by atoms with Crippen molar-refractivity contribution >= 4 is 39.8 Å². The van der Waals surface area contributed by atoms with E-state index >= 15 is 0 Å². The predicted octanol–water partition coefficient (Wildman–Crippen LogP) is 5.78. The summed E-state index contributed by atoms with van der Waals surface area (Å²) in [7, 11) is 1.60. The fourth-order valence-corrected chi connectivity index (χ4v) is 5.33. The van der Waals surface area contributed by atoms with E-state index in [1.54, 1.807) is 19.2 Å². The smallest absolute Gasteiger partial charge is 0.165 e. The Morgan fingerprint density at radius 2 is 1.94 bits per heavy atom. The molecule has 2 fully saturated rings. The minimum atomic E-state index is -0.541. The van der Waals surface area contributed by atoms with Crippen LogP contribution in [0.4, 0.5) is 15.9 Å². The highest BCUT2D eigenvalue weighted by molar-refractivity contribution is 6.31. The average Bonchev–Trinajstić information content (AvgIpc) is 2.86. The molecule has 0 radical (unpaired) electrons. The van der Waals surface area contributed by atoms with Crippen LogP contribution in [0.3, 0.4) is 0 Å². The highest BCUT2D eigenvalue weighted by atomic mass is 35.5. The van der Waals surface area contributed by atoms with Crippen LogP contribution < -0.4 is 14.8 Å². The number of halogens is 2. The van der Waals surface area contributed by atoms with Gasteiger partial charge in [0, 0.05) is 42.9 Å². The van der Waals surface area contributed by atoms with Crippen molar-refractivity contribution in [3.05, 3.63) is 47.5 Å². The largest absolute Gasteiger partial charge is 0.493 e. The van der Waals surface area contributed by atoms with E-state index in [9.17, 15) is 9.18 Å². The highest BCUT2D eigenvalue weighted by Gasteiger charge is 2.37. The molecule has 1 saturated carbocycles. The van der Waals surface area contributed by atoms with E-state index in [-0.39, 0.29) is 22.7 Å². The molecule has 5 rings (SSSR count). The van der Waals surface area contributed by atoms with Crippen molar-refractivity contribution in [3.63, 3.8) is 0 Å². The molecule has 0 spiro atoms. The third-order valence-corrected chi connectivity index (χ3v) is 7.58. The second kappa shape index (κ2) is 10.6. The van der Waals surface area contributed by atoms with Gasteiger partial charge in [-0.25, -0.2) is 14.4 Å². The summed E-state index contributed by atoms with van der Waals surface area (Å²) in [5, 5.41) is 3.76. The molecule has 0 atom stereocenters. The Labute approximate surface area is 215 Å². The minimum absolute atomic E-state index is 0.0327. The van der Waals surface area contributed by atoms with E-state index in [0.29, 0.717) is 46.5 Å². The van der Waals surface area contributed by atoms with Gasteiger partial charge in [0.25, 0.3) is 0 Å². The molecule has 2 aromatic carbocycles. The number of hydrogen-bond acceptors (Lipinski definition) is 7. The van der Waals surface area contributed by atoms with E-state index in [4.69, 9.17) is 21.1 Å². The monoisotopic (exact) mass is 512 g/mol. The lowest BCUT2D eigenvalue weighted by molar-refractivity contribution is -0.129. The van der Waals surface area contributed by atoms with Gasteiger partial charge in [0.1, 0.15) is 17.9 Å². The summed E-state index contributed by atoms with van der Waals surface area (Å²) in [5.74, 6) is 1.70. The van der Waals surface area contributed by atoms with Gasteiger partial charge in [0.15, 0.2) is 17.3 Å². The fraction of sp³-hybridized carbons (Fsp3) is 0.444. The van der Waals surface area contributed by atoms with Gasteiger partial charge < -0.3 is 14.8 Å². The number of fused-ring (bicyclic) bond motifs is 1. The van der Waals surface area contributed by atoms with E-state index < -0.39 is 5.82 Å². The molecule has 2 aliphatic rings. The Morgan fingerprint density at radius 3 is 2.67 bits per heavy atom. The number of hydrogen-bond donors (Lipinski definition) is 1. The normalized spacial score (nSPS) is 20.7. The Hall–Kier alpha value is -2.97. The molecule has 2 heterocycles. The molecule has 1 aromatic heterocycles. The van der Waals surface area contributed by atoms with E-state index in [2.05, 4.69) is 20.2 Å². The number of benzene rings is 2. The second-order valence-electron chi connectivity index (χ2n) is 9.49. The topological polar surface area (TPSA) is 76.6 Å². The number of anilines is 2. The Kier molecular flexibility index (Phi) is 7.25. The van der Waals surface area contributed by atoms with Gasteiger partial charge in [-0.05, 0) is 43.9 Å². The zero-order chi connectivity index (χ0) is 25.2. The van der Waals surface area contributed by atoms with Crippen molar-refractivity contribution < 1.29 is 18.7 Å². The molecular formula is C27H30ClFN4O3. The number of rotatable bonds is 8. The first-order valence-electron chi connectivity index (χ1n) is 12.4. The van der Waals surface area contributed by atoms with Gasteiger partial charge in [-0.15, -0.1) is 0 Å². The van der Waals surface area contributed by atoms with Gasteiger partial charge in [-0.1, -0.05) is 24.6 Å². The number of Topliss-reactive ketones (excluding diaryl/α,β-unsaturated/α-hetero) is 1. The van der Waals surface area contributed by atoms with Crippen LogP contribution in [-0.4, -0.2) is 53.0 Å². The predicted molar refractivity (Wildman–Crippen MR) is 138 cm³/mol. The maximum atomic E-state index is 14.5. The van der Waals surface area contributed by atoms with Gasteiger partial charge in [-0.3, -0.25) is 9.69 Å². The molecule has 1 aliphatic heterocycles. The summed E-state index contributed by atoms with van der Waals surface area (Å²) in [6.07, 6.45) is 6.05. The van der Waals surface area contributed by atoms with Crippen LogP contribution in [0.15, 0.2) is 36.7 Å². The van der Waals surface area contributed by atoms with Gasteiger partial charge in [0.2, 0.25) is 0 Å². The molecule has 1 aliphatic carbocycles. The standard InChI is InChI=1S/C27H30ClFN4O3/c1-3-23(34)16-13-33(14-16)17-7-9-18(10-8-17)36-25-11-19-22(12-24(25)35-2)30-15-31-27(19)32-21-6-4-5-20(28)26(21)29/h4-6,11-12,15-18H,3,7-10,13-14H2,1-2H3,(H,30,31,32). The summed E-state index contributed by atoms with van der Waals surface area (Å²) in [4.78, 5) is 23.0. The average molecular weight is 513 g/mol. The molecule has 1 N–H and O–H groups in total. The Bertz CT molecular complexity index is 1260. The molecule has 7 nitrogen and oxygen atoms in total. The molecule has 0 bridgehead atoms. The Morgan fingerprint density at radius 1 is 1.17 bits per heavy atom. The first-order valence-corrected chi connectivity index (χ1v) is 12.8. The summed E-state index contributed by atoms with van der Waals surface area (Å²) >= 11 is 5.94. The molecule has 1 saturated heterocycles. The first-order chi connectivity index (χ1) is 17.5. The fourth-order valence-electron chi connectivity index (χ4n) is 5.15. The maximum Gasteiger partial charge on any atom is 0.165 e. The second-order valence-corrected chi connectivity index (χ2v) is 9.90. The van der Waals surface area contributed by atoms with E-state index in [0.717, 1.165) is 38.8 Å². The zero-order valence-corrected chi connectivity index (χ0v) is 21.2. The van der Waals surface area contributed by atoms with Crippen molar-refractivity contribution in [1.82, 2.24) is 14.9 Å². The molecule has 9 heteroatoms. The molecular weight excluding hydrogens is 483 g/mol. The molecule has 3 aromatic rings. The number of aromatic nitrogens is 2. The number of nitrogens with one attached hydrogen (secondary N) is 1. The van der Waals surface area contributed by atoms with Crippen molar-refractivity contribution in [3.8, 4) is 11.5 Å². The highest BCUT2D eigenvalue weighted by Crippen LogP contribution is 2.38. The summed E-state index contributed by atoms with van der Waals surface area (Å²) in [6.45, 7) is 3.73. The molecule has 0 unspecified atom stereocenters. The number of ketones is 1. The van der Waals surface area contributed by atoms with Crippen molar-refractivity contribution in [2.75, 3.05) is 25.5 Å². The van der Waals surface area contributed by atoms with Crippen LogP contribution in [0.2, 0.25) is 5.02 Å². The van der Waals surface area contributed by atoms with Gasteiger partial charge in [-0.2, -0.15) is 0 Å². The van der Waals surface area contributed by atoms with Gasteiger partial charge >= 0.3 is 0 Å². The first kappa shape index (κ1) is 24.7. The number of likely N-dealkylation sites (tertiary alicyclic amines) is 1. The van der Waals surface area contributed by atoms with E-state index in [1.165, 1.54) is 12.4 Å². The minimum Gasteiger partial charge on any atom is -0.493 e. The van der Waals surface area contributed by atoms with Crippen molar-refractivity contribution in [2.45, 2.75) is 51.2 Å². The number of carbonyl (C=O) groups excluding carboxylic acids is 1. The van der Waals surface area contributed by atoms with Crippen molar-refractivity contribution in [1.29, 1.82) is 0 Å². The lowest BCUT2D eigenvalue weighted by Crippen LogP contribution is -2.55.